The fraction of sp³-hybridized carbons (Fsp3) is 0.111. The lowest BCUT2D eigenvalue weighted by Gasteiger charge is -2.11. The van der Waals surface area contributed by atoms with Crippen LogP contribution in [0.3, 0.4) is 0 Å². The van der Waals surface area contributed by atoms with Crippen LogP contribution in [0, 0.1) is 0 Å². The first kappa shape index (κ1) is 25.0. The molecule has 0 aliphatic rings. The maximum atomic E-state index is 12.7. The number of esters is 1. The van der Waals surface area contributed by atoms with E-state index < -0.39 is 5.97 Å². The monoisotopic (exact) mass is 569 g/mol. The molecule has 1 heterocycles. The maximum absolute atomic E-state index is 12.7. The van der Waals surface area contributed by atoms with Crippen molar-refractivity contribution in [3.05, 3.63) is 93.2 Å². The standard InChI is InChI=1S/C27H21BrClNO4S/c1-2-33-27(32)25-21(18-8-11-20(29)12-9-18)16-35-26(25)30-24(31)15-34-23-13-10-19(14-22(23)28)17-6-4-3-5-7-17/h3-14,16H,2,15H2,1H3,(H,30,31). The summed E-state index contributed by atoms with van der Waals surface area (Å²) in [5.74, 6) is -0.355. The quantitative estimate of drug-likeness (QED) is 0.221. The number of amides is 1. The molecule has 4 rings (SSSR count). The molecule has 1 aromatic heterocycles. The Bertz CT molecular complexity index is 1340. The normalized spacial score (nSPS) is 10.6. The van der Waals surface area contributed by atoms with Crippen LogP contribution in [0.2, 0.25) is 5.02 Å². The number of nitrogens with one attached hydrogen (secondary N) is 1. The Balaban J connectivity index is 1.48. The molecule has 0 fully saturated rings. The molecule has 0 aliphatic carbocycles. The molecule has 8 heteroatoms. The van der Waals surface area contributed by atoms with Crippen molar-refractivity contribution in [1.29, 1.82) is 0 Å². The van der Waals surface area contributed by atoms with Gasteiger partial charge in [-0.25, -0.2) is 4.79 Å². The van der Waals surface area contributed by atoms with E-state index in [1.54, 1.807) is 19.1 Å². The van der Waals surface area contributed by atoms with Crippen molar-refractivity contribution in [3.8, 4) is 28.0 Å². The van der Waals surface area contributed by atoms with E-state index in [0.29, 0.717) is 26.9 Å². The molecule has 0 aliphatic heterocycles. The predicted octanol–water partition coefficient (Wildman–Crippen LogP) is 7.69. The number of ether oxygens (including phenoxy) is 2. The van der Waals surface area contributed by atoms with E-state index >= 15 is 0 Å². The molecule has 0 saturated heterocycles. The van der Waals surface area contributed by atoms with Crippen LogP contribution in [0.25, 0.3) is 22.3 Å². The summed E-state index contributed by atoms with van der Waals surface area (Å²) >= 11 is 10.8. The van der Waals surface area contributed by atoms with Gasteiger partial charge in [0, 0.05) is 16.0 Å². The third kappa shape index (κ3) is 6.11. The van der Waals surface area contributed by atoms with E-state index in [0.717, 1.165) is 21.2 Å². The van der Waals surface area contributed by atoms with Gasteiger partial charge < -0.3 is 14.8 Å². The molecule has 0 radical (unpaired) electrons. The summed E-state index contributed by atoms with van der Waals surface area (Å²) in [5.41, 5.74) is 3.88. The van der Waals surface area contributed by atoms with Gasteiger partial charge >= 0.3 is 5.97 Å². The molecule has 1 N–H and O–H groups in total. The van der Waals surface area contributed by atoms with Crippen molar-refractivity contribution in [2.75, 3.05) is 18.5 Å². The van der Waals surface area contributed by atoms with Crippen molar-refractivity contribution in [3.63, 3.8) is 0 Å². The van der Waals surface area contributed by atoms with Crippen LogP contribution in [-0.4, -0.2) is 25.1 Å². The van der Waals surface area contributed by atoms with E-state index in [1.807, 2.05) is 66.0 Å². The highest BCUT2D eigenvalue weighted by Crippen LogP contribution is 2.37. The second-order valence-electron chi connectivity index (χ2n) is 7.43. The van der Waals surface area contributed by atoms with Gasteiger partial charge in [0.05, 0.1) is 11.1 Å². The maximum Gasteiger partial charge on any atom is 0.341 e. The van der Waals surface area contributed by atoms with Gasteiger partial charge in [0.15, 0.2) is 6.61 Å². The Morgan fingerprint density at radius 2 is 1.69 bits per heavy atom. The van der Waals surface area contributed by atoms with Gasteiger partial charge in [-0.15, -0.1) is 11.3 Å². The summed E-state index contributed by atoms with van der Waals surface area (Å²) in [5, 5.41) is 5.60. The molecule has 0 atom stereocenters. The topological polar surface area (TPSA) is 64.6 Å². The number of hydrogen-bond acceptors (Lipinski definition) is 5. The summed E-state index contributed by atoms with van der Waals surface area (Å²) in [6, 6.07) is 22.8. The molecule has 4 aromatic rings. The highest BCUT2D eigenvalue weighted by molar-refractivity contribution is 9.10. The van der Waals surface area contributed by atoms with Crippen LogP contribution in [0.15, 0.2) is 82.6 Å². The van der Waals surface area contributed by atoms with E-state index in [1.165, 1.54) is 11.3 Å². The van der Waals surface area contributed by atoms with Crippen molar-refractivity contribution in [2.24, 2.45) is 0 Å². The average molecular weight is 571 g/mol. The minimum Gasteiger partial charge on any atom is -0.483 e. The lowest BCUT2D eigenvalue weighted by Crippen LogP contribution is -2.21. The summed E-state index contributed by atoms with van der Waals surface area (Å²) in [6.07, 6.45) is 0. The van der Waals surface area contributed by atoms with Crippen molar-refractivity contribution >= 4 is 55.7 Å². The van der Waals surface area contributed by atoms with Gasteiger partial charge in [-0.05, 0) is 63.8 Å². The summed E-state index contributed by atoms with van der Waals surface area (Å²) in [6.45, 7) is 1.73. The van der Waals surface area contributed by atoms with Crippen LogP contribution in [0.1, 0.15) is 17.3 Å². The van der Waals surface area contributed by atoms with Crippen LogP contribution in [-0.2, 0) is 9.53 Å². The van der Waals surface area contributed by atoms with Crippen molar-refractivity contribution in [1.82, 2.24) is 0 Å². The summed E-state index contributed by atoms with van der Waals surface area (Å²) < 4.78 is 11.7. The highest BCUT2D eigenvalue weighted by Gasteiger charge is 2.23. The second-order valence-corrected chi connectivity index (χ2v) is 9.60. The molecule has 35 heavy (non-hydrogen) atoms. The van der Waals surface area contributed by atoms with E-state index in [2.05, 4.69) is 21.2 Å². The van der Waals surface area contributed by atoms with Gasteiger partial charge in [-0.3, -0.25) is 4.79 Å². The minimum atomic E-state index is -0.505. The zero-order chi connectivity index (χ0) is 24.8. The first-order chi connectivity index (χ1) is 17.0. The zero-order valence-corrected chi connectivity index (χ0v) is 21.9. The number of carbonyl (C=O) groups is 2. The van der Waals surface area contributed by atoms with E-state index in [4.69, 9.17) is 21.1 Å². The van der Waals surface area contributed by atoms with Gasteiger partial charge in [-0.1, -0.05) is 60.1 Å². The number of hydrogen-bond donors (Lipinski definition) is 1. The fourth-order valence-electron chi connectivity index (χ4n) is 3.43. The Kier molecular flexibility index (Phi) is 8.23. The largest absolute Gasteiger partial charge is 0.483 e. The Morgan fingerprint density at radius 3 is 2.37 bits per heavy atom. The number of rotatable bonds is 8. The third-order valence-electron chi connectivity index (χ3n) is 5.08. The van der Waals surface area contributed by atoms with Crippen LogP contribution >= 0.6 is 38.9 Å². The highest BCUT2D eigenvalue weighted by atomic mass is 79.9. The third-order valence-corrected chi connectivity index (χ3v) is 6.84. The number of benzene rings is 3. The summed E-state index contributed by atoms with van der Waals surface area (Å²) in [4.78, 5) is 25.4. The van der Waals surface area contributed by atoms with Crippen molar-refractivity contribution in [2.45, 2.75) is 6.92 Å². The SMILES string of the molecule is CCOC(=O)c1c(-c2ccc(Cl)cc2)csc1NC(=O)COc1ccc(-c2ccccc2)cc1Br. The second kappa shape index (κ2) is 11.5. The molecule has 178 valence electrons. The number of anilines is 1. The van der Waals surface area contributed by atoms with Gasteiger partial charge in [0.2, 0.25) is 0 Å². The van der Waals surface area contributed by atoms with E-state index in [9.17, 15) is 9.59 Å². The Labute approximate surface area is 220 Å². The first-order valence-corrected chi connectivity index (χ1v) is 12.8. The molecular weight excluding hydrogens is 550 g/mol. The number of carbonyl (C=O) groups excluding carboxylic acids is 2. The van der Waals surface area contributed by atoms with Gasteiger partial charge in [0.25, 0.3) is 5.91 Å². The van der Waals surface area contributed by atoms with Gasteiger partial charge in [0.1, 0.15) is 16.3 Å². The van der Waals surface area contributed by atoms with Crippen LogP contribution in [0.4, 0.5) is 5.00 Å². The predicted molar refractivity (Wildman–Crippen MR) is 144 cm³/mol. The molecule has 0 unspecified atom stereocenters. The molecule has 1 amide bonds. The molecule has 0 saturated carbocycles. The first-order valence-electron chi connectivity index (χ1n) is 10.8. The lowest BCUT2D eigenvalue weighted by molar-refractivity contribution is -0.118. The van der Waals surface area contributed by atoms with Crippen molar-refractivity contribution < 1.29 is 19.1 Å². The molecule has 3 aromatic carbocycles. The van der Waals surface area contributed by atoms with Gasteiger partial charge in [-0.2, -0.15) is 0 Å². The number of thiophene rings is 1. The summed E-state index contributed by atoms with van der Waals surface area (Å²) in [7, 11) is 0. The molecule has 0 spiro atoms. The lowest BCUT2D eigenvalue weighted by atomic mass is 10.0. The van der Waals surface area contributed by atoms with E-state index in [-0.39, 0.29) is 19.1 Å². The van der Waals surface area contributed by atoms with Crippen LogP contribution < -0.4 is 10.1 Å². The fourth-order valence-corrected chi connectivity index (χ4v) is 5.02. The minimum absolute atomic E-state index is 0.220. The Hall–Kier alpha value is -3.13. The molecule has 5 nitrogen and oxygen atoms in total. The zero-order valence-electron chi connectivity index (χ0n) is 18.7. The number of halogens is 2. The molecular formula is C27H21BrClNO4S. The van der Waals surface area contributed by atoms with Crippen LogP contribution in [0.5, 0.6) is 5.75 Å². The molecule has 0 bridgehead atoms. The smallest absolute Gasteiger partial charge is 0.341 e. The average Bonchev–Trinajstić information content (AvgIpc) is 3.28. The Morgan fingerprint density at radius 1 is 0.971 bits per heavy atom.